The molecular formula is C31H23BF2I2N2O. The fraction of sp³-hybridized carbons (Fsp3) is 0.194. The second-order valence-corrected chi connectivity index (χ2v) is 13.3. The van der Waals surface area contributed by atoms with Crippen LogP contribution < -0.4 is 0 Å². The molecule has 0 saturated carbocycles. The van der Waals surface area contributed by atoms with Crippen LogP contribution in [0, 0.1) is 13.1 Å². The summed E-state index contributed by atoms with van der Waals surface area (Å²) < 4.78 is 38.9. The first kappa shape index (κ1) is 24.3. The molecular weight excluding hydrogens is 719 g/mol. The molecule has 2 aliphatic carbocycles. The average molecular weight is 742 g/mol. The van der Waals surface area contributed by atoms with Crippen molar-refractivity contribution in [3.63, 3.8) is 0 Å². The van der Waals surface area contributed by atoms with Crippen LogP contribution in [0.1, 0.15) is 46.4 Å². The number of hydrogen-bond donors (Lipinski definition) is 1. The van der Waals surface area contributed by atoms with Gasteiger partial charge in [-0.1, -0.05) is 42.5 Å². The van der Waals surface area contributed by atoms with Crippen LogP contribution in [-0.4, -0.2) is 26.8 Å². The van der Waals surface area contributed by atoms with Gasteiger partial charge >= 0.3 is 6.97 Å². The van der Waals surface area contributed by atoms with E-state index in [1.807, 2.05) is 54.6 Å². The van der Waals surface area contributed by atoms with Crippen molar-refractivity contribution in [1.29, 1.82) is 0 Å². The molecule has 0 saturated heterocycles. The van der Waals surface area contributed by atoms with Gasteiger partial charge in [0.15, 0.2) is 0 Å². The largest absolute Gasteiger partial charge is 0.737 e. The second kappa shape index (κ2) is 8.52. The summed E-state index contributed by atoms with van der Waals surface area (Å²) in [6, 6.07) is 22.0. The molecule has 194 valence electrons. The Hall–Kier alpha value is -2.47. The van der Waals surface area contributed by atoms with Gasteiger partial charge in [-0.15, -0.1) is 0 Å². The van der Waals surface area contributed by atoms with Crippen LogP contribution in [0.15, 0.2) is 72.4 Å². The molecule has 3 heterocycles. The molecule has 3 nitrogen and oxygen atoms in total. The summed E-state index contributed by atoms with van der Waals surface area (Å²) in [6.07, 6.45) is 3.96. The number of halogens is 4. The number of benzene rings is 3. The molecule has 0 spiro atoms. The van der Waals surface area contributed by atoms with Gasteiger partial charge in [-0.2, -0.15) is 0 Å². The lowest BCUT2D eigenvalue weighted by Gasteiger charge is -2.35. The second-order valence-electron chi connectivity index (χ2n) is 11.0. The van der Waals surface area contributed by atoms with Crippen molar-refractivity contribution >= 4 is 63.4 Å². The summed E-state index contributed by atoms with van der Waals surface area (Å²) in [5, 5.41) is 10.5. The number of allylic oxidation sites excluding steroid dienone is 1. The standard InChI is InChI=1S/C31H23BF2I2N2O/c33-32(34)37-26(15-19-11-9-17-5-1-3-7-22(17)29(19)37)28(21-13-24(35)31(39)25(36)14-21)27-16-20-12-10-18-6-2-4-8-23(18)30(20)38(27)32/h1-8,13-15,20,39H,9-12,16H2. The maximum atomic E-state index is 17.3. The molecule has 8 heteroatoms. The van der Waals surface area contributed by atoms with Crippen molar-refractivity contribution in [1.82, 2.24) is 4.48 Å². The number of phenolic OH excluding ortho intramolecular Hbond substituents is 1. The summed E-state index contributed by atoms with van der Waals surface area (Å²) in [5.41, 5.74) is 9.61. The minimum Gasteiger partial charge on any atom is -0.506 e. The van der Waals surface area contributed by atoms with Gasteiger partial charge in [-0.25, -0.2) is 0 Å². The summed E-state index contributed by atoms with van der Waals surface area (Å²) in [4.78, 5) is 0. The number of aromatic nitrogens is 1. The lowest BCUT2D eigenvalue weighted by molar-refractivity contribution is -0.365. The molecule has 3 aromatic carbocycles. The lowest BCUT2D eigenvalue weighted by atomic mass is 9.81. The molecule has 0 radical (unpaired) electrons. The van der Waals surface area contributed by atoms with Gasteiger partial charge in [0.2, 0.25) is 0 Å². The zero-order valence-corrected chi connectivity index (χ0v) is 25.2. The number of fused-ring (bicyclic) bond motifs is 9. The van der Waals surface area contributed by atoms with E-state index in [4.69, 9.17) is 0 Å². The summed E-state index contributed by atoms with van der Waals surface area (Å²) in [7, 11) is 0. The predicted molar refractivity (Wildman–Crippen MR) is 167 cm³/mol. The number of hydrogen-bond acceptors (Lipinski definition) is 1. The van der Waals surface area contributed by atoms with E-state index in [9.17, 15) is 5.11 Å². The van der Waals surface area contributed by atoms with Crippen molar-refractivity contribution in [3.8, 4) is 17.0 Å². The minimum absolute atomic E-state index is 0.0561. The molecule has 0 bridgehead atoms. The Kier molecular flexibility index (Phi) is 5.32. The predicted octanol–water partition coefficient (Wildman–Crippen LogP) is 7.63. The van der Waals surface area contributed by atoms with E-state index in [1.54, 1.807) is 0 Å². The van der Waals surface area contributed by atoms with Crippen LogP contribution in [0.3, 0.4) is 0 Å². The van der Waals surface area contributed by atoms with Crippen molar-refractivity contribution in [3.05, 3.63) is 113 Å². The van der Waals surface area contributed by atoms with Crippen LogP contribution >= 0.6 is 45.2 Å². The molecule has 39 heavy (non-hydrogen) atoms. The van der Waals surface area contributed by atoms with E-state index < -0.39 is 6.97 Å². The Morgan fingerprint density at radius 1 is 0.846 bits per heavy atom. The molecule has 1 N–H and O–H groups in total. The molecule has 0 amide bonds. The van der Waals surface area contributed by atoms with Crippen molar-refractivity contribution < 1.29 is 18.2 Å². The van der Waals surface area contributed by atoms with Crippen LogP contribution in [0.2, 0.25) is 0 Å². The highest BCUT2D eigenvalue weighted by atomic mass is 127. The molecule has 0 fully saturated rings. The molecule has 2 aliphatic heterocycles. The number of nitrogens with zero attached hydrogens (tertiary/aromatic N) is 2. The molecule has 1 atom stereocenters. The molecule has 4 aromatic rings. The van der Waals surface area contributed by atoms with Crippen LogP contribution in [-0.2, 0) is 19.3 Å². The van der Waals surface area contributed by atoms with Crippen LogP contribution in [0.5, 0.6) is 5.75 Å². The number of phenols is 1. The zero-order valence-electron chi connectivity index (χ0n) is 20.9. The fourth-order valence-corrected chi connectivity index (χ4v) is 9.14. The minimum atomic E-state index is -4.15. The third kappa shape index (κ3) is 3.33. The monoisotopic (exact) mass is 742 g/mol. The quantitative estimate of drug-likeness (QED) is 0.158. The van der Waals surface area contributed by atoms with E-state index >= 15 is 8.63 Å². The Labute approximate surface area is 252 Å². The normalized spacial score (nSPS) is 20.2. The summed E-state index contributed by atoms with van der Waals surface area (Å²) in [6.45, 7) is -4.15. The third-order valence-corrected chi connectivity index (χ3v) is 10.6. The van der Waals surface area contributed by atoms with Gasteiger partial charge < -0.3 is 22.7 Å². The van der Waals surface area contributed by atoms with E-state index in [0.717, 1.165) is 77.5 Å². The Morgan fingerprint density at radius 2 is 1.49 bits per heavy atom. The van der Waals surface area contributed by atoms with Gasteiger partial charge in [0.1, 0.15) is 17.2 Å². The van der Waals surface area contributed by atoms with Crippen molar-refractivity contribution in [2.75, 3.05) is 0 Å². The highest BCUT2D eigenvalue weighted by Crippen LogP contribution is 2.50. The van der Waals surface area contributed by atoms with Gasteiger partial charge in [-0.3, -0.25) is 0 Å². The van der Waals surface area contributed by atoms with E-state index in [1.165, 1.54) is 8.96 Å². The van der Waals surface area contributed by atoms with Gasteiger partial charge in [0.05, 0.1) is 12.7 Å². The fourth-order valence-electron chi connectivity index (χ4n) is 7.37. The van der Waals surface area contributed by atoms with Gasteiger partial charge in [0.25, 0.3) is 0 Å². The first-order valence-electron chi connectivity index (χ1n) is 13.4. The van der Waals surface area contributed by atoms with Gasteiger partial charge in [-0.05, 0) is 123 Å². The van der Waals surface area contributed by atoms with Crippen LogP contribution in [0.4, 0.5) is 8.63 Å². The van der Waals surface area contributed by atoms with E-state index in [0.29, 0.717) is 23.5 Å². The molecule has 1 aromatic heterocycles. The number of aryl methyl sites for hydroxylation is 3. The van der Waals surface area contributed by atoms with Gasteiger partial charge in [0, 0.05) is 29.3 Å². The Bertz CT molecular complexity index is 1800. The van der Waals surface area contributed by atoms with Crippen molar-refractivity contribution in [2.24, 2.45) is 5.92 Å². The molecule has 1 unspecified atom stereocenters. The number of aromatic hydroxyl groups is 1. The Balaban J connectivity index is 1.51. The Morgan fingerprint density at radius 3 is 2.23 bits per heavy atom. The highest BCUT2D eigenvalue weighted by molar-refractivity contribution is 14.1. The van der Waals surface area contributed by atoms with Crippen LogP contribution in [0.25, 0.3) is 16.8 Å². The smallest absolute Gasteiger partial charge is 0.506 e. The summed E-state index contributed by atoms with van der Waals surface area (Å²) in [5.74, 6) is 0.292. The average Bonchev–Trinajstić information content (AvgIpc) is 3.52. The topological polar surface area (TPSA) is 28.2 Å². The lowest BCUT2D eigenvalue weighted by Crippen LogP contribution is -2.51. The van der Waals surface area contributed by atoms with E-state index in [2.05, 4.69) is 57.3 Å². The van der Waals surface area contributed by atoms with Crippen molar-refractivity contribution in [2.45, 2.75) is 32.1 Å². The maximum absolute atomic E-state index is 17.3. The maximum Gasteiger partial charge on any atom is 0.737 e. The van der Waals surface area contributed by atoms with E-state index in [-0.39, 0.29) is 11.7 Å². The highest BCUT2D eigenvalue weighted by Gasteiger charge is 2.59. The molecule has 4 aliphatic rings. The summed E-state index contributed by atoms with van der Waals surface area (Å²) >= 11 is 4.28. The SMILES string of the molecule is Oc1c(I)cc(C2=C3CC4CCc5ccccc5C4=[N+]3[B-](F)(F)n3c2cc2c3-c3ccccc3CC2)cc1I. The number of rotatable bonds is 1. The molecule has 8 rings (SSSR count). The first-order valence-corrected chi connectivity index (χ1v) is 15.5. The first-order chi connectivity index (χ1) is 18.8. The third-order valence-electron chi connectivity index (χ3n) is 8.96. The zero-order chi connectivity index (χ0) is 26.6.